The van der Waals surface area contributed by atoms with Crippen LogP contribution in [0.5, 0.6) is 0 Å². The number of benzene rings is 1. The maximum atomic E-state index is 12.1. The minimum atomic E-state index is -0.0698. The van der Waals surface area contributed by atoms with E-state index >= 15 is 0 Å². The zero-order valence-electron chi connectivity index (χ0n) is 12.2. The van der Waals surface area contributed by atoms with Crippen molar-refractivity contribution in [1.29, 1.82) is 0 Å². The highest BCUT2D eigenvalue weighted by Gasteiger charge is 2.24. The van der Waals surface area contributed by atoms with Crippen LogP contribution in [0, 0.1) is 5.92 Å². The van der Waals surface area contributed by atoms with Crippen LogP contribution in [0.1, 0.15) is 25.5 Å². The van der Waals surface area contributed by atoms with E-state index in [0.29, 0.717) is 19.1 Å². The summed E-state index contributed by atoms with van der Waals surface area (Å²) in [5, 5.41) is 2.85. The lowest BCUT2D eigenvalue weighted by Gasteiger charge is -2.31. The Kier molecular flexibility index (Phi) is 6.36. The summed E-state index contributed by atoms with van der Waals surface area (Å²) in [5.41, 5.74) is 1.15. The molecule has 4 nitrogen and oxygen atoms in total. The van der Waals surface area contributed by atoms with Gasteiger partial charge in [0, 0.05) is 20.7 Å². The molecule has 19 heavy (non-hydrogen) atoms. The Labute approximate surface area is 115 Å². The standard InChI is InChI=1S/C15H24N2O2/c1-12(2)14(13-8-6-5-7-9-13)17(3)15(18)16-10-11-19-4/h5-9,12,14H,10-11H2,1-4H3,(H,16,18)/t14-/m1/s1. The van der Waals surface area contributed by atoms with Gasteiger partial charge in [-0.2, -0.15) is 0 Å². The van der Waals surface area contributed by atoms with Crippen LogP contribution in [0.15, 0.2) is 30.3 Å². The number of methoxy groups -OCH3 is 1. The SMILES string of the molecule is COCCNC(=O)N(C)[C@@H](c1ccccc1)C(C)C. The molecule has 1 atom stereocenters. The number of rotatable bonds is 6. The second-order valence-corrected chi connectivity index (χ2v) is 4.94. The van der Waals surface area contributed by atoms with E-state index in [1.54, 1.807) is 12.0 Å². The molecule has 2 amide bonds. The Morgan fingerprint density at radius 2 is 1.95 bits per heavy atom. The smallest absolute Gasteiger partial charge is 0.317 e. The monoisotopic (exact) mass is 264 g/mol. The minimum Gasteiger partial charge on any atom is -0.383 e. The summed E-state index contributed by atoms with van der Waals surface area (Å²) in [4.78, 5) is 13.9. The molecule has 0 saturated heterocycles. The molecule has 0 aromatic heterocycles. The maximum absolute atomic E-state index is 12.1. The molecule has 1 rings (SSSR count). The van der Waals surface area contributed by atoms with Gasteiger partial charge in [0.2, 0.25) is 0 Å². The molecule has 0 bridgehead atoms. The van der Waals surface area contributed by atoms with E-state index in [2.05, 4.69) is 31.3 Å². The molecular formula is C15H24N2O2. The first-order chi connectivity index (χ1) is 9.07. The maximum Gasteiger partial charge on any atom is 0.317 e. The van der Waals surface area contributed by atoms with E-state index in [9.17, 15) is 4.79 Å². The molecule has 0 heterocycles. The van der Waals surface area contributed by atoms with E-state index < -0.39 is 0 Å². The van der Waals surface area contributed by atoms with Crippen LogP contribution in [0.3, 0.4) is 0 Å². The fourth-order valence-corrected chi connectivity index (χ4v) is 2.22. The molecule has 0 saturated carbocycles. The molecule has 0 aliphatic heterocycles. The third-order valence-electron chi connectivity index (χ3n) is 3.09. The third kappa shape index (κ3) is 4.56. The van der Waals surface area contributed by atoms with Crippen LogP contribution in [0.25, 0.3) is 0 Å². The van der Waals surface area contributed by atoms with Gasteiger partial charge in [0.05, 0.1) is 12.6 Å². The Morgan fingerprint density at radius 3 is 2.47 bits per heavy atom. The quantitative estimate of drug-likeness (QED) is 0.803. The van der Waals surface area contributed by atoms with E-state index in [1.165, 1.54) is 0 Å². The number of hydrogen-bond acceptors (Lipinski definition) is 2. The third-order valence-corrected chi connectivity index (χ3v) is 3.09. The summed E-state index contributed by atoms with van der Waals surface area (Å²) in [7, 11) is 3.45. The normalized spacial score (nSPS) is 12.3. The van der Waals surface area contributed by atoms with Crippen molar-refractivity contribution in [3.05, 3.63) is 35.9 Å². The van der Waals surface area contributed by atoms with Crippen LogP contribution in [0.2, 0.25) is 0 Å². The molecule has 0 unspecified atom stereocenters. The van der Waals surface area contributed by atoms with Crippen molar-refractivity contribution >= 4 is 6.03 Å². The lowest BCUT2D eigenvalue weighted by Crippen LogP contribution is -2.42. The summed E-state index contributed by atoms with van der Waals surface area (Å²) in [6.07, 6.45) is 0. The minimum absolute atomic E-state index is 0.0698. The van der Waals surface area contributed by atoms with E-state index in [1.807, 2.05) is 25.2 Å². The average Bonchev–Trinajstić information content (AvgIpc) is 2.39. The van der Waals surface area contributed by atoms with Crippen LogP contribution in [-0.2, 0) is 4.74 Å². The molecule has 4 heteroatoms. The van der Waals surface area contributed by atoms with E-state index in [4.69, 9.17) is 4.74 Å². The van der Waals surface area contributed by atoms with Crippen molar-refractivity contribution in [1.82, 2.24) is 10.2 Å². The van der Waals surface area contributed by atoms with Crippen molar-refractivity contribution in [2.45, 2.75) is 19.9 Å². The molecule has 0 aliphatic carbocycles. The van der Waals surface area contributed by atoms with Crippen molar-refractivity contribution < 1.29 is 9.53 Å². The highest BCUT2D eigenvalue weighted by Crippen LogP contribution is 2.27. The van der Waals surface area contributed by atoms with Gasteiger partial charge in [-0.3, -0.25) is 0 Å². The number of hydrogen-bond donors (Lipinski definition) is 1. The zero-order chi connectivity index (χ0) is 14.3. The Morgan fingerprint density at radius 1 is 1.32 bits per heavy atom. The first-order valence-corrected chi connectivity index (χ1v) is 6.62. The first-order valence-electron chi connectivity index (χ1n) is 6.62. The number of ether oxygens (including phenoxy) is 1. The van der Waals surface area contributed by atoms with Gasteiger partial charge in [-0.15, -0.1) is 0 Å². The average molecular weight is 264 g/mol. The summed E-state index contributed by atoms with van der Waals surface area (Å²) < 4.78 is 4.93. The predicted molar refractivity (Wildman–Crippen MR) is 77.1 cm³/mol. The molecular weight excluding hydrogens is 240 g/mol. The first kappa shape index (κ1) is 15.5. The van der Waals surface area contributed by atoms with Crippen LogP contribution >= 0.6 is 0 Å². The van der Waals surface area contributed by atoms with Gasteiger partial charge in [0.1, 0.15) is 0 Å². The molecule has 0 spiro atoms. The Hall–Kier alpha value is -1.55. The van der Waals surface area contributed by atoms with Crippen LogP contribution < -0.4 is 5.32 Å². The summed E-state index contributed by atoms with van der Waals surface area (Å²) in [6.45, 7) is 5.30. The van der Waals surface area contributed by atoms with Gasteiger partial charge >= 0.3 is 6.03 Å². The second kappa shape index (κ2) is 7.79. The van der Waals surface area contributed by atoms with E-state index in [0.717, 1.165) is 5.56 Å². The van der Waals surface area contributed by atoms with Gasteiger partial charge in [0.25, 0.3) is 0 Å². The molecule has 106 valence electrons. The fourth-order valence-electron chi connectivity index (χ4n) is 2.22. The highest BCUT2D eigenvalue weighted by molar-refractivity contribution is 5.74. The molecule has 1 aromatic rings. The van der Waals surface area contributed by atoms with Crippen molar-refractivity contribution in [2.24, 2.45) is 5.92 Å². The van der Waals surface area contributed by atoms with Crippen LogP contribution in [-0.4, -0.2) is 38.2 Å². The number of nitrogens with zero attached hydrogens (tertiary/aromatic N) is 1. The van der Waals surface area contributed by atoms with Crippen LogP contribution in [0.4, 0.5) is 4.79 Å². The molecule has 1 aromatic carbocycles. The molecule has 0 radical (unpaired) electrons. The molecule has 0 aliphatic rings. The van der Waals surface area contributed by atoms with Gasteiger partial charge in [-0.1, -0.05) is 44.2 Å². The predicted octanol–water partition coefficient (Wildman–Crippen LogP) is 2.67. The highest BCUT2D eigenvalue weighted by atomic mass is 16.5. The van der Waals surface area contributed by atoms with Gasteiger partial charge in [-0.25, -0.2) is 4.79 Å². The lowest BCUT2D eigenvalue weighted by molar-refractivity contribution is 0.163. The number of urea groups is 1. The second-order valence-electron chi connectivity index (χ2n) is 4.94. The van der Waals surface area contributed by atoms with Crippen molar-refractivity contribution in [3.63, 3.8) is 0 Å². The number of nitrogens with one attached hydrogen (secondary N) is 1. The largest absolute Gasteiger partial charge is 0.383 e. The molecule has 1 N–H and O–H groups in total. The van der Waals surface area contributed by atoms with Crippen molar-refractivity contribution in [2.75, 3.05) is 27.3 Å². The van der Waals surface area contributed by atoms with Gasteiger partial charge in [0.15, 0.2) is 0 Å². The number of carbonyl (C=O) groups excluding carboxylic acids is 1. The topological polar surface area (TPSA) is 41.6 Å². The zero-order valence-corrected chi connectivity index (χ0v) is 12.2. The summed E-state index contributed by atoms with van der Waals surface area (Å²) in [5.74, 6) is 0.348. The Balaban J connectivity index is 2.74. The molecule has 0 fully saturated rings. The van der Waals surface area contributed by atoms with Crippen molar-refractivity contribution in [3.8, 4) is 0 Å². The fraction of sp³-hybridized carbons (Fsp3) is 0.533. The summed E-state index contributed by atoms with van der Waals surface area (Å²) in [6, 6.07) is 10.1. The lowest BCUT2D eigenvalue weighted by atomic mass is 9.95. The number of amides is 2. The summed E-state index contributed by atoms with van der Waals surface area (Å²) >= 11 is 0. The van der Waals surface area contributed by atoms with E-state index in [-0.39, 0.29) is 12.1 Å². The van der Waals surface area contributed by atoms with Gasteiger partial charge in [-0.05, 0) is 11.5 Å². The Bertz CT molecular complexity index is 379. The number of carbonyl (C=O) groups is 1. The van der Waals surface area contributed by atoms with Gasteiger partial charge < -0.3 is 15.0 Å².